The first-order valence-corrected chi connectivity index (χ1v) is 8.27. The number of carbonyl (C=O) groups is 2. The number of piperidine rings is 1. The van der Waals surface area contributed by atoms with Crippen LogP contribution in [-0.4, -0.2) is 29.0 Å². The van der Waals surface area contributed by atoms with E-state index in [1.54, 1.807) is 24.4 Å². The minimum Gasteiger partial charge on any atom is -0.354 e. The lowest BCUT2D eigenvalue weighted by atomic mass is 10.1. The third-order valence-corrected chi connectivity index (χ3v) is 4.46. The predicted molar refractivity (Wildman–Crippen MR) is 92.4 cm³/mol. The normalized spacial score (nSPS) is 17.6. The second-order valence-corrected chi connectivity index (χ2v) is 6.27. The van der Waals surface area contributed by atoms with Crippen molar-refractivity contribution in [3.8, 4) is 0 Å². The van der Waals surface area contributed by atoms with Crippen molar-refractivity contribution >= 4 is 34.3 Å². The summed E-state index contributed by atoms with van der Waals surface area (Å²) in [6.45, 7) is 2.95. The fourth-order valence-corrected chi connectivity index (χ4v) is 3.08. The third-order valence-electron chi connectivity index (χ3n) is 4.23. The molecule has 1 atom stereocenters. The highest BCUT2D eigenvalue weighted by molar-refractivity contribution is 6.31. The molecule has 0 bridgehead atoms. The molecular weight excluding hydrogens is 330 g/mol. The number of hydrogen-bond acceptors (Lipinski definition) is 3. The Balaban J connectivity index is 1.96. The Hall–Kier alpha value is -2.34. The van der Waals surface area contributed by atoms with E-state index in [2.05, 4.69) is 10.6 Å². The Morgan fingerprint density at radius 2 is 2.21 bits per heavy atom. The van der Waals surface area contributed by atoms with Gasteiger partial charge in [-0.1, -0.05) is 11.6 Å². The first-order chi connectivity index (χ1) is 11.5. The summed E-state index contributed by atoms with van der Waals surface area (Å²) in [6.07, 6.45) is 2.52. The van der Waals surface area contributed by atoms with Gasteiger partial charge in [0.1, 0.15) is 5.56 Å². The quantitative estimate of drug-likeness (QED) is 0.886. The van der Waals surface area contributed by atoms with E-state index >= 15 is 0 Å². The lowest BCUT2D eigenvalue weighted by Gasteiger charge is -2.23. The van der Waals surface area contributed by atoms with Gasteiger partial charge in [0.05, 0.1) is 5.52 Å². The van der Waals surface area contributed by atoms with E-state index in [0.29, 0.717) is 36.3 Å². The van der Waals surface area contributed by atoms with Gasteiger partial charge in [0.25, 0.3) is 5.91 Å². The van der Waals surface area contributed by atoms with Gasteiger partial charge in [0.15, 0.2) is 0 Å². The number of carbonyl (C=O) groups excluding carboxylic acids is 2. The van der Waals surface area contributed by atoms with E-state index in [0.717, 1.165) is 5.52 Å². The molecule has 1 saturated heterocycles. The molecule has 1 fully saturated rings. The Morgan fingerprint density at radius 1 is 1.42 bits per heavy atom. The minimum atomic E-state index is -0.426. The van der Waals surface area contributed by atoms with Gasteiger partial charge >= 0.3 is 0 Å². The minimum absolute atomic E-state index is 0.0193. The zero-order valence-corrected chi connectivity index (χ0v) is 14.0. The topological polar surface area (TPSA) is 80.2 Å². The van der Waals surface area contributed by atoms with Gasteiger partial charge in [-0.25, -0.2) is 0 Å². The Morgan fingerprint density at radius 3 is 2.88 bits per heavy atom. The number of fused-ring (bicyclic) bond motifs is 1. The number of aromatic nitrogens is 1. The Kier molecular flexibility index (Phi) is 4.57. The molecule has 0 aliphatic carbocycles. The number of rotatable bonds is 3. The maximum Gasteiger partial charge on any atom is 0.257 e. The lowest BCUT2D eigenvalue weighted by molar-refractivity contribution is -0.122. The number of nitrogens with zero attached hydrogens (tertiary/aromatic N) is 1. The van der Waals surface area contributed by atoms with Crippen LogP contribution in [0.1, 0.15) is 30.1 Å². The molecule has 1 aromatic carbocycles. The van der Waals surface area contributed by atoms with Crippen molar-refractivity contribution in [2.45, 2.75) is 32.4 Å². The van der Waals surface area contributed by atoms with Crippen LogP contribution in [0.3, 0.4) is 0 Å². The second-order valence-electron chi connectivity index (χ2n) is 5.83. The molecule has 1 aliphatic rings. The summed E-state index contributed by atoms with van der Waals surface area (Å²) < 4.78 is 1.85. The first-order valence-electron chi connectivity index (χ1n) is 7.90. The van der Waals surface area contributed by atoms with Crippen LogP contribution in [-0.2, 0) is 11.3 Å². The summed E-state index contributed by atoms with van der Waals surface area (Å²) in [5.74, 6) is -0.445. The highest BCUT2D eigenvalue weighted by atomic mass is 35.5. The molecule has 126 valence electrons. The van der Waals surface area contributed by atoms with Crippen molar-refractivity contribution in [3.05, 3.63) is 45.2 Å². The van der Waals surface area contributed by atoms with Crippen LogP contribution in [0.4, 0.5) is 0 Å². The van der Waals surface area contributed by atoms with Gasteiger partial charge in [-0.3, -0.25) is 14.4 Å². The van der Waals surface area contributed by atoms with Crippen LogP contribution in [0.2, 0.25) is 5.02 Å². The van der Waals surface area contributed by atoms with E-state index in [1.807, 2.05) is 11.5 Å². The number of aryl methyl sites for hydroxylation is 1. The molecule has 2 amide bonds. The molecule has 1 aliphatic heterocycles. The maximum atomic E-state index is 12.7. The first kappa shape index (κ1) is 16.5. The summed E-state index contributed by atoms with van der Waals surface area (Å²) in [5, 5.41) is 6.41. The Bertz CT molecular complexity index is 865. The highest BCUT2D eigenvalue weighted by Crippen LogP contribution is 2.18. The smallest absolute Gasteiger partial charge is 0.257 e. The molecule has 24 heavy (non-hydrogen) atoms. The zero-order valence-electron chi connectivity index (χ0n) is 13.3. The Labute approximate surface area is 143 Å². The number of hydrogen-bond donors (Lipinski definition) is 2. The van der Waals surface area contributed by atoms with Gasteiger partial charge in [-0.2, -0.15) is 0 Å². The zero-order chi connectivity index (χ0) is 17.3. The average molecular weight is 348 g/mol. The van der Waals surface area contributed by atoms with E-state index < -0.39 is 5.91 Å². The molecule has 1 unspecified atom stereocenters. The molecule has 0 saturated carbocycles. The predicted octanol–water partition coefficient (Wildman–Crippen LogP) is 1.68. The van der Waals surface area contributed by atoms with Gasteiger partial charge in [-0.05, 0) is 31.5 Å². The van der Waals surface area contributed by atoms with Crippen LogP contribution in [0.25, 0.3) is 10.9 Å². The number of benzene rings is 1. The molecule has 1 aromatic heterocycles. The van der Waals surface area contributed by atoms with Gasteiger partial charge in [0, 0.05) is 42.2 Å². The number of amides is 2. The lowest BCUT2D eigenvalue weighted by Crippen LogP contribution is -2.48. The summed E-state index contributed by atoms with van der Waals surface area (Å²) in [5.41, 5.74) is 0.492. The highest BCUT2D eigenvalue weighted by Gasteiger charge is 2.22. The van der Waals surface area contributed by atoms with Crippen molar-refractivity contribution in [1.82, 2.24) is 15.2 Å². The molecule has 3 rings (SSSR count). The van der Waals surface area contributed by atoms with Crippen molar-refractivity contribution in [2.24, 2.45) is 0 Å². The SMILES string of the molecule is CCn1cc(C(=O)NC2CCC(=O)NC2)c(=O)c2cc(Cl)ccc21. The molecule has 2 heterocycles. The average Bonchev–Trinajstić information content (AvgIpc) is 2.57. The van der Waals surface area contributed by atoms with Crippen molar-refractivity contribution < 1.29 is 9.59 Å². The monoisotopic (exact) mass is 347 g/mol. The summed E-state index contributed by atoms with van der Waals surface area (Å²) in [7, 11) is 0. The second kappa shape index (κ2) is 6.65. The van der Waals surface area contributed by atoms with Gasteiger partial charge in [-0.15, -0.1) is 0 Å². The van der Waals surface area contributed by atoms with Crippen LogP contribution >= 0.6 is 11.6 Å². The molecule has 0 radical (unpaired) electrons. The largest absolute Gasteiger partial charge is 0.354 e. The summed E-state index contributed by atoms with van der Waals surface area (Å²) in [6, 6.07) is 4.92. The van der Waals surface area contributed by atoms with Crippen LogP contribution in [0, 0.1) is 0 Å². The van der Waals surface area contributed by atoms with Crippen LogP contribution in [0.5, 0.6) is 0 Å². The molecule has 7 heteroatoms. The molecule has 2 aromatic rings. The third kappa shape index (κ3) is 3.14. The van der Waals surface area contributed by atoms with Crippen molar-refractivity contribution in [3.63, 3.8) is 0 Å². The van der Waals surface area contributed by atoms with E-state index in [1.165, 1.54) is 0 Å². The fraction of sp³-hybridized carbons (Fsp3) is 0.353. The standard InChI is InChI=1S/C17H18ClN3O3/c1-2-21-9-13(16(23)12-7-10(18)3-5-14(12)21)17(24)20-11-4-6-15(22)19-8-11/h3,5,7,9,11H,2,4,6,8H2,1H3,(H,19,22)(H,20,24). The van der Waals surface area contributed by atoms with Crippen LogP contribution in [0.15, 0.2) is 29.2 Å². The fourth-order valence-electron chi connectivity index (χ4n) is 2.91. The number of nitrogens with one attached hydrogen (secondary N) is 2. The van der Waals surface area contributed by atoms with Gasteiger partial charge < -0.3 is 15.2 Å². The molecule has 0 spiro atoms. The van der Waals surface area contributed by atoms with Crippen molar-refractivity contribution in [1.29, 1.82) is 0 Å². The van der Waals surface area contributed by atoms with E-state index in [-0.39, 0.29) is 22.9 Å². The molecule has 2 N–H and O–H groups in total. The maximum absolute atomic E-state index is 12.7. The molecule has 6 nitrogen and oxygen atoms in total. The van der Waals surface area contributed by atoms with Crippen LogP contribution < -0.4 is 16.1 Å². The molecular formula is C17H18ClN3O3. The summed E-state index contributed by atoms with van der Waals surface area (Å²) in [4.78, 5) is 36.4. The van der Waals surface area contributed by atoms with Crippen molar-refractivity contribution in [2.75, 3.05) is 6.54 Å². The number of pyridine rings is 1. The number of halogens is 1. The van der Waals surface area contributed by atoms with Gasteiger partial charge in [0.2, 0.25) is 11.3 Å². The van der Waals surface area contributed by atoms with E-state index in [4.69, 9.17) is 11.6 Å². The summed E-state index contributed by atoms with van der Waals surface area (Å²) >= 11 is 6.00. The van der Waals surface area contributed by atoms with E-state index in [9.17, 15) is 14.4 Å².